The number of rotatable bonds is 7. The largest absolute Gasteiger partial charge is 0.493 e. The monoisotopic (exact) mass is 283 g/mol. The first-order valence-corrected chi connectivity index (χ1v) is 7.71. The summed E-state index contributed by atoms with van der Waals surface area (Å²) in [5.41, 5.74) is 9.80. The van der Waals surface area contributed by atoms with Crippen molar-refractivity contribution in [2.75, 3.05) is 6.61 Å². The lowest BCUT2D eigenvalue weighted by molar-refractivity contribution is 0.315. The molecule has 0 aliphatic heterocycles. The molecule has 2 aromatic rings. The van der Waals surface area contributed by atoms with E-state index in [9.17, 15) is 0 Å². The molecule has 0 spiro atoms. The number of nitrogens with two attached hydrogens (primary N) is 1. The van der Waals surface area contributed by atoms with Gasteiger partial charge >= 0.3 is 0 Å². The van der Waals surface area contributed by atoms with Crippen molar-refractivity contribution in [3.63, 3.8) is 0 Å². The third-order valence-electron chi connectivity index (χ3n) is 3.78. The Labute approximate surface area is 127 Å². The van der Waals surface area contributed by atoms with E-state index < -0.39 is 0 Å². The molecule has 1 unspecified atom stereocenters. The molecule has 0 heterocycles. The molecule has 2 N–H and O–H groups in total. The Balaban J connectivity index is 2.01. The van der Waals surface area contributed by atoms with Gasteiger partial charge in [0.1, 0.15) is 5.75 Å². The maximum absolute atomic E-state index is 6.09. The van der Waals surface area contributed by atoms with Gasteiger partial charge in [0.2, 0.25) is 0 Å². The van der Waals surface area contributed by atoms with Gasteiger partial charge in [-0.1, -0.05) is 55.5 Å². The highest BCUT2D eigenvalue weighted by molar-refractivity contribution is 5.41. The molecule has 2 nitrogen and oxygen atoms in total. The molecule has 0 saturated heterocycles. The lowest BCUT2D eigenvalue weighted by Gasteiger charge is -2.16. The van der Waals surface area contributed by atoms with Gasteiger partial charge < -0.3 is 10.5 Å². The zero-order chi connectivity index (χ0) is 15.1. The van der Waals surface area contributed by atoms with Crippen molar-refractivity contribution in [3.05, 3.63) is 65.2 Å². The van der Waals surface area contributed by atoms with Crippen molar-refractivity contribution in [1.29, 1.82) is 0 Å². The van der Waals surface area contributed by atoms with Crippen LogP contribution >= 0.6 is 0 Å². The van der Waals surface area contributed by atoms with Crippen LogP contribution < -0.4 is 10.5 Å². The second kappa shape index (κ2) is 7.84. The first kappa shape index (κ1) is 15.6. The van der Waals surface area contributed by atoms with Gasteiger partial charge in [-0.2, -0.15) is 0 Å². The van der Waals surface area contributed by atoms with Gasteiger partial charge in [0.15, 0.2) is 0 Å². The topological polar surface area (TPSA) is 35.2 Å². The van der Waals surface area contributed by atoms with Crippen LogP contribution in [0.15, 0.2) is 48.5 Å². The van der Waals surface area contributed by atoms with Crippen LogP contribution in [0.2, 0.25) is 0 Å². The quantitative estimate of drug-likeness (QED) is 0.836. The van der Waals surface area contributed by atoms with Gasteiger partial charge in [0.05, 0.1) is 6.61 Å². The van der Waals surface area contributed by atoms with E-state index in [0.717, 1.165) is 25.0 Å². The second-order valence-corrected chi connectivity index (χ2v) is 5.52. The van der Waals surface area contributed by atoms with Crippen LogP contribution in [0.1, 0.15) is 30.0 Å². The zero-order valence-electron chi connectivity index (χ0n) is 13.0. The zero-order valence-corrected chi connectivity index (χ0v) is 13.0. The summed E-state index contributed by atoms with van der Waals surface area (Å²) in [7, 11) is 0. The Bertz CT molecular complexity index is 551. The van der Waals surface area contributed by atoms with Crippen molar-refractivity contribution in [3.8, 4) is 5.75 Å². The van der Waals surface area contributed by atoms with E-state index in [2.05, 4.69) is 56.3 Å². The number of benzene rings is 2. The minimum Gasteiger partial charge on any atom is -0.493 e. The molecule has 2 rings (SSSR count). The van der Waals surface area contributed by atoms with Gasteiger partial charge in [-0.05, 0) is 36.5 Å². The first-order chi connectivity index (χ1) is 10.2. The molecule has 112 valence electrons. The fourth-order valence-electron chi connectivity index (χ4n) is 2.42. The van der Waals surface area contributed by atoms with Crippen LogP contribution in [0.5, 0.6) is 5.75 Å². The summed E-state index contributed by atoms with van der Waals surface area (Å²) in [6.07, 6.45) is 2.78. The fourth-order valence-corrected chi connectivity index (χ4v) is 2.42. The highest BCUT2D eigenvalue weighted by Gasteiger charge is 2.10. The number of ether oxygens (including phenoxy) is 1. The van der Waals surface area contributed by atoms with Crippen LogP contribution in [0, 0.1) is 6.92 Å². The number of hydrogen-bond acceptors (Lipinski definition) is 2. The van der Waals surface area contributed by atoms with Crippen molar-refractivity contribution in [2.24, 2.45) is 5.73 Å². The summed E-state index contributed by atoms with van der Waals surface area (Å²) in [4.78, 5) is 0. The molecule has 2 heteroatoms. The Kier molecular flexibility index (Phi) is 5.82. The molecule has 0 radical (unpaired) electrons. The van der Waals surface area contributed by atoms with Crippen LogP contribution in [0.3, 0.4) is 0 Å². The van der Waals surface area contributed by atoms with Gasteiger partial charge in [-0.25, -0.2) is 0 Å². The van der Waals surface area contributed by atoms with Crippen molar-refractivity contribution in [1.82, 2.24) is 0 Å². The average molecular weight is 283 g/mol. The van der Waals surface area contributed by atoms with E-state index in [1.807, 2.05) is 6.07 Å². The fraction of sp³-hybridized carbons (Fsp3) is 0.368. The number of para-hydroxylation sites is 1. The molecule has 0 amide bonds. The maximum Gasteiger partial charge on any atom is 0.125 e. The van der Waals surface area contributed by atoms with E-state index in [1.54, 1.807) is 0 Å². The summed E-state index contributed by atoms with van der Waals surface area (Å²) in [5, 5.41) is 0. The predicted octanol–water partition coefficient (Wildman–Crippen LogP) is 3.90. The molecule has 1 atom stereocenters. The molecule has 0 aromatic heterocycles. The Morgan fingerprint density at radius 1 is 1.05 bits per heavy atom. The van der Waals surface area contributed by atoms with Crippen molar-refractivity contribution >= 4 is 0 Å². The number of aryl methyl sites for hydroxylation is 1. The Morgan fingerprint density at radius 2 is 1.81 bits per heavy atom. The summed E-state index contributed by atoms with van der Waals surface area (Å²) in [6, 6.07) is 16.9. The molecule has 21 heavy (non-hydrogen) atoms. The van der Waals surface area contributed by atoms with Crippen molar-refractivity contribution < 1.29 is 4.74 Å². The Hall–Kier alpha value is -1.80. The van der Waals surface area contributed by atoms with E-state index in [4.69, 9.17) is 10.5 Å². The maximum atomic E-state index is 6.09. The summed E-state index contributed by atoms with van der Waals surface area (Å²) < 4.78 is 6.06. The third-order valence-corrected chi connectivity index (χ3v) is 3.78. The average Bonchev–Trinajstić information content (AvgIpc) is 2.51. The summed E-state index contributed by atoms with van der Waals surface area (Å²) in [5.74, 6) is 1.01. The van der Waals surface area contributed by atoms with Crippen LogP contribution in [0.25, 0.3) is 0 Å². The van der Waals surface area contributed by atoms with E-state index >= 15 is 0 Å². The Morgan fingerprint density at radius 3 is 2.52 bits per heavy atom. The summed E-state index contributed by atoms with van der Waals surface area (Å²) >= 11 is 0. The molecule has 0 aliphatic carbocycles. The van der Waals surface area contributed by atoms with Crippen LogP contribution in [0.4, 0.5) is 0 Å². The van der Waals surface area contributed by atoms with Gasteiger partial charge in [-0.3, -0.25) is 0 Å². The molecular formula is C19H25NO. The molecular weight excluding hydrogens is 258 g/mol. The third kappa shape index (κ3) is 4.61. The van der Waals surface area contributed by atoms with Gasteiger partial charge in [0, 0.05) is 12.5 Å². The predicted molar refractivity (Wildman–Crippen MR) is 88.8 cm³/mol. The standard InChI is InChI=1S/C19H25NO/c1-3-18(20)14-17-11-7-8-15(2)19(17)21-13-12-16-9-5-4-6-10-16/h4-11,18H,3,12-14,20H2,1-2H3. The SMILES string of the molecule is CCC(N)Cc1cccc(C)c1OCCc1ccccc1. The first-order valence-electron chi connectivity index (χ1n) is 7.71. The molecule has 0 saturated carbocycles. The van der Waals surface area contributed by atoms with E-state index in [1.165, 1.54) is 16.7 Å². The van der Waals surface area contributed by atoms with E-state index in [0.29, 0.717) is 6.61 Å². The van der Waals surface area contributed by atoms with Crippen LogP contribution in [-0.4, -0.2) is 12.6 Å². The van der Waals surface area contributed by atoms with Crippen LogP contribution in [-0.2, 0) is 12.8 Å². The summed E-state index contributed by atoms with van der Waals surface area (Å²) in [6.45, 7) is 4.92. The van der Waals surface area contributed by atoms with Gasteiger partial charge in [-0.15, -0.1) is 0 Å². The highest BCUT2D eigenvalue weighted by atomic mass is 16.5. The number of hydrogen-bond donors (Lipinski definition) is 1. The molecule has 0 bridgehead atoms. The molecule has 0 aliphatic rings. The lowest BCUT2D eigenvalue weighted by atomic mass is 10.0. The normalized spacial score (nSPS) is 12.1. The minimum atomic E-state index is 0.197. The smallest absolute Gasteiger partial charge is 0.125 e. The minimum absolute atomic E-state index is 0.197. The molecule has 0 fully saturated rings. The van der Waals surface area contributed by atoms with Gasteiger partial charge in [0.25, 0.3) is 0 Å². The second-order valence-electron chi connectivity index (χ2n) is 5.52. The molecule has 2 aromatic carbocycles. The van der Waals surface area contributed by atoms with Crippen molar-refractivity contribution in [2.45, 2.75) is 39.2 Å². The highest BCUT2D eigenvalue weighted by Crippen LogP contribution is 2.25. The lowest BCUT2D eigenvalue weighted by Crippen LogP contribution is -2.22. The van der Waals surface area contributed by atoms with E-state index in [-0.39, 0.29) is 6.04 Å².